The van der Waals surface area contributed by atoms with Crippen molar-refractivity contribution in [2.75, 3.05) is 13.2 Å². The number of ether oxygens (including phenoxy) is 2. The van der Waals surface area contributed by atoms with Gasteiger partial charge >= 0.3 is 0 Å². The van der Waals surface area contributed by atoms with E-state index in [0.29, 0.717) is 13.2 Å². The molecule has 0 aromatic carbocycles. The van der Waals surface area contributed by atoms with Crippen LogP contribution in [0.25, 0.3) is 0 Å². The number of amides is 1. The lowest BCUT2D eigenvalue weighted by atomic mass is 10.1. The molecule has 2 aliphatic rings. The van der Waals surface area contributed by atoms with Gasteiger partial charge < -0.3 is 19.8 Å². The van der Waals surface area contributed by atoms with Gasteiger partial charge in [0.05, 0.1) is 18.2 Å². The molecule has 26 heavy (non-hydrogen) atoms. The molecule has 0 saturated carbocycles. The molecule has 3 N–H and O–H groups in total. The Morgan fingerprint density at radius 1 is 1.15 bits per heavy atom. The molecule has 0 radical (unpaired) electrons. The first-order valence-corrected chi connectivity index (χ1v) is 10.6. The number of nitrogens with one attached hydrogen (secondary N) is 3. The van der Waals surface area contributed by atoms with Gasteiger partial charge in [0.1, 0.15) is 10.6 Å². The van der Waals surface area contributed by atoms with Crippen LogP contribution in [-0.2, 0) is 19.5 Å². The van der Waals surface area contributed by atoms with Crippen molar-refractivity contribution >= 4 is 15.9 Å². The van der Waals surface area contributed by atoms with Crippen molar-refractivity contribution in [3.05, 3.63) is 18.0 Å². The Morgan fingerprint density at radius 3 is 2.35 bits per heavy atom. The summed E-state index contributed by atoms with van der Waals surface area (Å²) in [6, 6.07) is 0.891. The van der Waals surface area contributed by atoms with E-state index in [0.717, 1.165) is 25.7 Å². The standard InChI is InChI=1S/C17H27N3O5S/c1-11(15-5-3-7-24-15)19-17(21)14-9-13(10-18-14)26(22,23)20-12(2)16-6-4-8-25-16/h9-12,15-16,18,20H,3-8H2,1-2H3,(H,19,21). The number of hydrogen-bond donors (Lipinski definition) is 3. The third-order valence-corrected chi connectivity index (χ3v) is 6.49. The van der Waals surface area contributed by atoms with E-state index in [1.165, 1.54) is 12.3 Å². The lowest BCUT2D eigenvalue weighted by Crippen LogP contribution is -2.41. The second-order valence-electron chi connectivity index (χ2n) is 7.02. The summed E-state index contributed by atoms with van der Waals surface area (Å²) in [4.78, 5) is 15.1. The molecule has 2 saturated heterocycles. The van der Waals surface area contributed by atoms with Crippen LogP contribution in [0.5, 0.6) is 0 Å². The van der Waals surface area contributed by atoms with E-state index in [9.17, 15) is 13.2 Å². The van der Waals surface area contributed by atoms with Crippen molar-refractivity contribution < 1.29 is 22.7 Å². The Kier molecular flexibility index (Phi) is 6.01. The molecule has 1 aromatic heterocycles. The van der Waals surface area contributed by atoms with Crippen LogP contribution in [0.4, 0.5) is 0 Å². The zero-order chi connectivity index (χ0) is 18.7. The molecule has 8 nitrogen and oxygen atoms in total. The summed E-state index contributed by atoms with van der Waals surface area (Å²) in [5.74, 6) is -0.346. The third-order valence-electron chi connectivity index (χ3n) is 4.96. The molecule has 0 bridgehead atoms. The van der Waals surface area contributed by atoms with Crippen LogP contribution >= 0.6 is 0 Å². The summed E-state index contributed by atoms with van der Waals surface area (Å²) in [6.07, 6.45) is 4.90. The highest BCUT2D eigenvalue weighted by Crippen LogP contribution is 2.19. The van der Waals surface area contributed by atoms with Gasteiger partial charge in [-0.25, -0.2) is 13.1 Å². The van der Waals surface area contributed by atoms with Gasteiger partial charge in [-0.15, -0.1) is 0 Å². The number of H-pyrrole nitrogens is 1. The van der Waals surface area contributed by atoms with Gasteiger partial charge in [-0.3, -0.25) is 4.79 Å². The molecule has 146 valence electrons. The Morgan fingerprint density at radius 2 is 1.77 bits per heavy atom. The van der Waals surface area contributed by atoms with Crippen molar-refractivity contribution in [3.63, 3.8) is 0 Å². The van der Waals surface area contributed by atoms with Gasteiger partial charge in [-0.1, -0.05) is 0 Å². The molecule has 0 aliphatic carbocycles. The summed E-state index contributed by atoms with van der Waals surface area (Å²) in [5, 5.41) is 2.86. The lowest BCUT2D eigenvalue weighted by Gasteiger charge is -2.19. The van der Waals surface area contributed by atoms with E-state index in [1.54, 1.807) is 6.92 Å². The van der Waals surface area contributed by atoms with E-state index in [-0.39, 0.29) is 40.8 Å². The Labute approximate surface area is 154 Å². The monoisotopic (exact) mass is 385 g/mol. The minimum atomic E-state index is -3.72. The van der Waals surface area contributed by atoms with Gasteiger partial charge in [0.2, 0.25) is 10.0 Å². The van der Waals surface area contributed by atoms with Crippen molar-refractivity contribution in [2.45, 2.75) is 68.7 Å². The van der Waals surface area contributed by atoms with E-state index >= 15 is 0 Å². The zero-order valence-electron chi connectivity index (χ0n) is 15.2. The summed E-state index contributed by atoms with van der Waals surface area (Å²) < 4.78 is 38.8. The summed E-state index contributed by atoms with van der Waals surface area (Å²) in [6.45, 7) is 5.05. The van der Waals surface area contributed by atoms with Crippen molar-refractivity contribution in [2.24, 2.45) is 0 Å². The Bertz CT molecular complexity index is 721. The SMILES string of the molecule is CC(NC(=O)c1cc(S(=O)(=O)NC(C)C2CCCO2)c[nH]1)C1CCCO1. The second kappa shape index (κ2) is 8.08. The third kappa shape index (κ3) is 4.46. The van der Waals surface area contributed by atoms with Gasteiger partial charge in [0.15, 0.2) is 0 Å². The second-order valence-corrected chi connectivity index (χ2v) is 8.74. The number of rotatable bonds is 7. The predicted molar refractivity (Wildman–Crippen MR) is 95.5 cm³/mol. The first-order valence-electron chi connectivity index (χ1n) is 9.11. The number of hydrogen-bond acceptors (Lipinski definition) is 5. The van der Waals surface area contributed by atoms with Gasteiger partial charge in [0, 0.05) is 25.5 Å². The van der Waals surface area contributed by atoms with Crippen molar-refractivity contribution in [1.29, 1.82) is 0 Å². The quantitative estimate of drug-likeness (QED) is 0.652. The highest BCUT2D eigenvalue weighted by atomic mass is 32.2. The molecule has 9 heteroatoms. The van der Waals surface area contributed by atoms with E-state index in [4.69, 9.17) is 9.47 Å². The average Bonchev–Trinajstić information content (AvgIpc) is 3.36. The highest BCUT2D eigenvalue weighted by molar-refractivity contribution is 7.89. The summed E-state index contributed by atoms with van der Waals surface area (Å²) in [5.41, 5.74) is 0.208. The normalized spacial score (nSPS) is 25.9. The molecule has 0 spiro atoms. The fourth-order valence-corrected chi connectivity index (χ4v) is 4.69. The average molecular weight is 385 g/mol. The van der Waals surface area contributed by atoms with Crippen LogP contribution in [0.2, 0.25) is 0 Å². The molecule has 3 rings (SSSR count). The molecule has 2 fully saturated rings. The van der Waals surface area contributed by atoms with Gasteiger partial charge in [-0.2, -0.15) is 0 Å². The fraction of sp³-hybridized carbons (Fsp3) is 0.706. The van der Waals surface area contributed by atoms with Crippen LogP contribution in [0.3, 0.4) is 0 Å². The minimum absolute atomic E-state index is 0.00560. The Balaban J connectivity index is 1.61. The molecule has 4 unspecified atom stereocenters. The first kappa shape index (κ1) is 19.3. The topological polar surface area (TPSA) is 110 Å². The largest absolute Gasteiger partial charge is 0.377 e. The maximum Gasteiger partial charge on any atom is 0.268 e. The molecular formula is C17H27N3O5S. The maximum absolute atomic E-state index is 12.5. The van der Waals surface area contributed by atoms with E-state index in [1.807, 2.05) is 6.92 Å². The maximum atomic E-state index is 12.5. The van der Waals surface area contributed by atoms with Gasteiger partial charge in [0.25, 0.3) is 5.91 Å². The summed E-state index contributed by atoms with van der Waals surface area (Å²) >= 11 is 0. The van der Waals surface area contributed by atoms with Crippen LogP contribution in [0.15, 0.2) is 17.2 Å². The minimum Gasteiger partial charge on any atom is -0.377 e. The van der Waals surface area contributed by atoms with Gasteiger partial charge in [-0.05, 0) is 45.6 Å². The number of aromatic amines is 1. The van der Waals surface area contributed by atoms with Crippen LogP contribution < -0.4 is 10.0 Å². The molecule has 1 amide bonds. The number of aromatic nitrogens is 1. The van der Waals surface area contributed by atoms with Crippen LogP contribution in [0, 0.1) is 0 Å². The molecular weight excluding hydrogens is 358 g/mol. The summed E-state index contributed by atoms with van der Waals surface area (Å²) in [7, 11) is -3.72. The van der Waals surface area contributed by atoms with E-state index < -0.39 is 10.0 Å². The van der Waals surface area contributed by atoms with Crippen molar-refractivity contribution in [1.82, 2.24) is 15.0 Å². The number of carbonyl (C=O) groups excluding carboxylic acids is 1. The number of carbonyl (C=O) groups is 1. The van der Waals surface area contributed by atoms with Crippen LogP contribution in [0.1, 0.15) is 50.0 Å². The van der Waals surface area contributed by atoms with E-state index in [2.05, 4.69) is 15.0 Å². The predicted octanol–water partition coefficient (Wildman–Crippen LogP) is 1.16. The zero-order valence-corrected chi connectivity index (χ0v) is 16.0. The molecule has 1 aromatic rings. The highest BCUT2D eigenvalue weighted by Gasteiger charge is 2.29. The molecule has 2 aliphatic heterocycles. The lowest BCUT2D eigenvalue weighted by molar-refractivity contribution is 0.0710. The molecule has 3 heterocycles. The smallest absolute Gasteiger partial charge is 0.268 e. The van der Waals surface area contributed by atoms with Crippen molar-refractivity contribution in [3.8, 4) is 0 Å². The number of sulfonamides is 1. The molecule has 4 atom stereocenters. The fourth-order valence-electron chi connectivity index (χ4n) is 3.42. The van der Waals surface area contributed by atoms with Crippen LogP contribution in [-0.4, -0.2) is 56.8 Å². The first-order chi connectivity index (χ1) is 12.4. The Hall–Kier alpha value is -1.42.